The summed E-state index contributed by atoms with van der Waals surface area (Å²) in [4.78, 5) is 1.36. The third kappa shape index (κ3) is 1.67. The van der Waals surface area contributed by atoms with E-state index in [1.54, 1.807) is 7.11 Å². The molecular weight excluding hydrogens is 182 g/mol. The van der Waals surface area contributed by atoms with Gasteiger partial charge in [0.15, 0.2) is 0 Å². The summed E-state index contributed by atoms with van der Waals surface area (Å²) >= 11 is 1.87. The number of hydrogen-bond donors (Lipinski definition) is 1. The molecule has 0 saturated heterocycles. The van der Waals surface area contributed by atoms with Gasteiger partial charge < -0.3 is 10.5 Å². The van der Waals surface area contributed by atoms with Crippen molar-refractivity contribution >= 4 is 11.8 Å². The van der Waals surface area contributed by atoms with Gasteiger partial charge >= 0.3 is 0 Å². The lowest BCUT2D eigenvalue weighted by Crippen LogP contribution is -2.15. The lowest BCUT2D eigenvalue weighted by molar-refractivity contribution is 0.414. The second-order valence-electron chi connectivity index (χ2n) is 3.15. The second-order valence-corrected chi connectivity index (χ2v) is 4.50. The van der Waals surface area contributed by atoms with Crippen LogP contribution in [-0.2, 0) is 6.42 Å². The maximum absolute atomic E-state index is 5.63. The van der Waals surface area contributed by atoms with Crippen molar-refractivity contribution in [2.45, 2.75) is 16.6 Å². The van der Waals surface area contributed by atoms with Crippen molar-refractivity contribution in [2.24, 2.45) is 5.73 Å². The lowest BCUT2D eigenvalue weighted by atomic mass is 10.1. The van der Waals surface area contributed by atoms with Crippen LogP contribution in [0.2, 0.25) is 0 Å². The van der Waals surface area contributed by atoms with E-state index in [4.69, 9.17) is 10.5 Å². The molecule has 13 heavy (non-hydrogen) atoms. The number of methoxy groups -OCH3 is 1. The smallest absolute Gasteiger partial charge is 0.119 e. The minimum Gasteiger partial charge on any atom is -0.497 e. The Kier molecular flexibility index (Phi) is 2.47. The fourth-order valence-electron chi connectivity index (χ4n) is 1.56. The van der Waals surface area contributed by atoms with E-state index in [0.717, 1.165) is 18.7 Å². The Morgan fingerprint density at radius 3 is 3.15 bits per heavy atom. The van der Waals surface area contributed by atoms with Crippen molar-refractivity contribution in [1.82, 2.24) is 0 Å². The maximum Gasteiger partial charge on any atom is 0.119 e. The van der Waals surface area contributed by atoms with Crippen LogP contribution in [0.4, 0.5) is 0 Å². The molecule has 1 unspecified atom stereocenters. The van der Waals surface area contributed by atoms with Crippen LogP contribution < -0.4 is 10.5 Å². The molecule has 70 valence electrons. The Hall–Kier alpha value is -0.670. The van der Waals surface area contributed by atoms with Crippen molar-refractivity contribution in [3.05, 3.63) is 23.8 Å². The third-order valence-electron chi connectivity index (χ3n) is 2.27. The van der Waals surface area contributed by atoms with Crippen molar-refractivity contribution < 1.29 is 4.74 Å². The normalized spacial score (nSPS) is 20.0. The fourth-order valence-corrected chi connectivity index (χ4v) is 2.71. The maximum atomic E-state index is 5.63. The van der Waals surface area contributed by atoms with E-state index in [9.17, 15) is 0 Å². The summed E-state index contributed by atoms with van der Waals surface area (Å²) in [7, 11) is 1.70. The van der Waals surface area contributed by atoms with Crippen LogP contribution in [0.15, 0.2) is 23.1 Å². The molecule has 3 heteroatoms. The van der Waals surface area contributed by atoms with Crippen LogP contribution in [0, 0.1) is 0 Å². The molecule has 0 fully saturated rings. The molecule has 0 saturated carbocycles. The van der Waals surface area contributed by atoms with E-state index in [-0.39, 0.29) is 0 Å². The van der Waals surface area contributed by atoms with Crippen LogP contribution in [0.1, 0.15) is 5.56 Å². The molecule has 1 aromatic rings. The van der Waals surface area contributed by atoms with Crippen molar-refractivity contribution in [1.29, 1.82) is 0 Å². The molecule has 1 aromatic carbocycles. The summed E-state index contributed by atoms with van der Waals surface area (Å²) in [6.45, 7) is 0.752. The number of benzene rings is 1. The number of thioether (sulfide) groups is 1. The Labute approximate surface area is 82.5 Å². The van der Waals surface area contributed by atoms with Gasteiger partial charge in [0.05, 0.1) is 7.11 Å². The van der Waals surface area contributed by atoms with Gasteiger partial charge in [0, 0.05) is 16.7 Å². The molecule has 1 aliphatic rings. The van der Waals surface area contributed by atoms with Gasteiger partial charge in [-0.2, -0.15) is 0 Å². The summed E-state index contributed by atoms with van der Waals surface area (Å²) in [6.07, 6.45) is 1.08. The Bertz CT molecular complexity index is 314. The number of nitrogens with two attached hydrogens (primary N) is 1. The molecule has 0 radical (unpaired) electrons. The van der Waals surface area contributed by atoms with Crippen LogP contribution in [-0.4, -0.2) is 18.9 Å². The predicted octanol–water partition coefficient (Wildman–Crippen LogP) is 1.67. The number of rotatable bonds is 2. The highest BCUT2D eigenvalue weighted by atomic mass is 32.2. The first-order valence-corrected chi connectivity index (χ1v) is 5.25. The van der Waals surface area contributed by atoms with Crippen LogP contribution in [0.5, 0.6) is 5.75 Å². The van der Waals surface area contributed by atoms with E-state index in [0.29, 0.717) is 5.25 Å². The highest BCUT2D eigenvalue weighted by Crippen LogP contribution is 2.38. The molecule has 1 aliphatic heterocycles. The molecule has 0 bridgehead atoms. The summed E-state index contributed by atoms with van der Waals surface area (Å²) in [5.74, 6) is 0.942. The molecule has 2 rings (SSSR count). The first-order valence-electron chi connectivity index (χ1n) is 4.37. The molecule has 1 heterocycles. The van der Waals surface area contributed by atoms with Crippen LogP contribution in [0.25, 0.3) is 0 Å². The average molecular weight is 195 g/mol. The Morgan fingerprint density at radius 2 is 2.46 bits per heavy atom. The number of ether oxygens (including phenoxy) is 1. The topological polar surface area (TPSA) is 35.2 Å². The first-order chi connectivity index (χ1) is 6.33. The van der Waals surface area contributed by atoms with E-state index in [1.807, 2.05) is 17.8 Å². The standard InChI is InChI=1S/C10H13NOS/c1-12-8-2-3-10-7(4-8)5-9(6-11)13-10/h2-4,9H,5-6,11H2,1H3. The SMILES string of the molecule is COc1ccc2c(c1)CC(CN)S2. The van der Waals surface area contributed by atoms with Gasteiger partial charge in [-0.1, -0.05) is 0 Å². The van der Waals surface area contributed by atoms with Gasteiger partial charge in [-0.25, -0.2) is 0 Å². The Morgan fingerprint density at radius 1 is 1.62 bits per heavy atom. The average Bonchev–Trinajstić information content (AvgIpc) is 2.58. The zero-order chi connectivity index (χ0) is 9.26. The van der Waals surface area contributed by atoms with Gasteiger partial charge in [0.2, 0.25) is 0 Å². The number of fused-ring (bicyclic) bond motifs is 1. The largest absolute Gasteiger partial charge is 0.497 e. The highest BCUT2D eigenvalue weighted by Gasteiger charge is 2.20. The van der Waals surface area contributed by atoms with E-state index in [1.165, 1.54) is 10.5 Å². The molecule has 2 nitrogen and oxygen atoms in total. The van der Waals surface area contributed by atoms with Crippen LogP contribution in [0.3, 0.4) is 0 Å². The third-order valence-corrected chi connectivity index (χ3v) is 3.62. The van der Waals surface area contributed by atoms with Gasteiger partial charge in [0.25, 0.3) is 0 Å². The monoisotopic (exact) mass is 195 g/mol. The Balaban J connectivity index is 2.25. The first kappa shape index (κ1) is 8.91. The minimum atomic E-state index is 0.558. The highest BCUT2D eigenvalue weighted by molar-refractivity contribution is 8.00. The van der Waals surface area contributed by atoms with Gasteiger partial charge in [-0.15, -0.1) is 11.8 Å². The second kappa shape index (κ2) is 3.60. The molecule has 0 aliphatic carbocycles. The van der Waals surface area contributed by atoms with Crippen molar-refractivity contribution in [2.75, 3.05) is 13.7 Å². The van der Waals surface area contributed by atoms with E-state index >= 15 is 0 Å². The van der Waals surface area contributed by atoms with Gasteiger partial charge in [-0.3, -0.25) is 0 Å². The molecule has 0 amide bonds. The molecule has 1 atom stereocenters. The van der Waals surface area contributed by atoms with Gasteiger partial charge in [0.1, 0.15) is 5.75 Å². The molecular formula is C10H13NOS. The van der Waals surface area contributed by atoms with Gasteiger partial charge in [-0.05, 0) is 30.2 Å². The molecule has 2 N–H and O–H groups in total. The van der Waals surface area contributed by atoms with Crippen molar-refractivity contribution in [3.63, 3.8) is 0 Å². The summed E-state index contributed by atoms with van der Waals surface area (Å²) in [5, 5.41) is 0.558. The minimum absolute atomic E-state index is 0.558. The summed E-state index contributed by atoms with van der Waals surface area (Å²) in [6, 6.07) is 6.23. The predicted molar refractivity (Wildman–Crippen MR) is 55.4 cm³/mol. The summed E-state index contributed by atoms with van der Waals surface area (Å²) in [5.41, 5.74) is 7.01. The van der Waals surface area contributed by atoms with E-state index in [2.05, 4.69) is 12.1 Å². The number of hydrogen-bond acceptors (Lipinski definition) is 3. The fraction of sp³-hybridized carbons (Fsp3) is 0.400. The lowest BCUT2D eigenvalue weighted by Gasteiger charge is -2.01. The van der Waals surface area contributed by atoms with Crippen LogP contribution >= 0.6 is 11.8 Å². The zero-order valence-corrected chi connectivity index (χ0v) is 8.43. The summed E-state index contributed by atoms with van der Waals surface area (Å²) < 4.78 is 5.17. The zero-order valence-electron chi connectivity index (χ0n) is 7.62. The van der Waals surface area contributed by atoms with Crippen molar-refractivity contribution in [3.8, 4) is 5.75 Å². The quantitative estimate of drug-likeness (QED) is 0.779. The molecule has 0 spiro atoms. The van der Waals surface area contributed by atoms with E-state index < -0.39 is 0 Å². The molecule has 0 aromatic heterocycles.